The van der Waals surface area contributed by atoms with Crippen LogP contribution in [0.3, 0.4) is 0 Å². The third-order valence-corrected chi connectivity index (χ3v) is 4.98. The molecule has 2 N–H and O–H groups in total. The average molecular weight is 297 g/mol. The predicted octanol–water partition coefficient (Wildman–Crippen LogP) is 1.94. The molecule has 0 spiro atoms. The Balaban J connectivity index is 1.60. The number of carbonyl (C=O) groups excluding carboxylic acids is 1. The van der Waals surface area contributed by atoms with Gasteiger partial charge in [0, 0.05) is 24.8 Å². The Hall–Kier alpha value is -2.37. The standard InChI is InChI=1S/C16H19N5O/c1-2-14(22)21-8-13(10-3-4-11(21)7-10)20-16-12-5-6-17-15(12)18-9-19-16/h2,5-6,9-11,13H,1,3-4,7-8H2,(H2,17,18,19,20)/t10?,11?,13-/m0/s1. The monoisotopic (exact) mass is 297 g/mol. The highest BCUT2D eigenvalue weighted by Crippen LogP contribution is 2.38. The van der Waals surface area contributed by atoms with Crippen LogP contribution in [-0.2, 0) is 4.79 Å². The van der Waals surface area contributed by atoms with Gasteiger partial charge in [-0.2, -0.15) is 0 Å². The van der Waals surface area contributed by atoms with Gasteiger partial charge in [-0.3, -0.25) is 4.79 Å². The van der Waals surface area contributed by atoms with E-state index in [1.54, 1.807) is 6.33 Å². The SMILES string of the molecule is C=CC(=O)N1C[C@H](Nc2ncnc3[nH]ccc23)C2CCC1C2. The second-order valence-corrected chi connectivity index (χ2v) is 6.13. The van der Waals surface area contributed by atoms with E-state index in [0.717, 1.165) is 42.7 Å². The van der Waals surface area contributed by atoms with Gasteiger partial charge in [0.1, 0.15) is 17.8 Å². The maximum absolute atomic E-state index is 12.1. The molecule has 1 saturated heterocycles. The lowest BCUT2D eigenvalue weighted by atomic mass is 9.93. The first-order chi connectivity index (χ1) is 10.8. The minimum absolute atomic E-state index is 0.0339. The van der Waals surface area contributed by atoms with Crippen molar-refractivity contribution in [3.63, 3.8) is 0 Å². The molecule has 1 saturated carbocycles. The first-order valence-electron chi connectivity index (χ1n) is 7.74. The van der Waals surface area contributed by atoms with Gasteiger partial charge in [-0.15, -0.1) is 0 Å². The molecular formula is C16H19N5O. The van der Waals surface area contributed by atoms with E-state index in [2.05, 4.69) is 26.8 Å². The number of aromatic amines is 1. The molecule has 6 nitrogen and oxygen atoms in total. The Morgan fingerprint density at radius 1 is 1.45 bits per heavy atom. The minimum Gasteiger partial charge on any atom is -0.365 e. The van der Waals surface area contributed by atoms with E-state index in [-0.39, 0.29) is 11.9 Å². The number of rotatable bonds is 3. The Bertz CT molecular complexity index is 724. The fourth-order valence-corrected chi connectivity index (χ4v) is 3.86. The van der Waals surface area contributed by atoms with Crippen LogP contribution < -0.4 is 5.32 Å². The second-order valence-electron chi connectivity index (χ2n) is 6.13. The molecule has 114 valence electrons. The quantitative estimate of drug-likeness (QED) is 0.849. The van der Waals surface area contributed by atoms with Crippen LogP contribution >= 0.6 is 0 Å². The highest BCUT2D eigenvalue weighted by molar-refractivity contribution is 5.88. The third kappa shape index (κ3) is 2.06. The Morgan fingerprint density at radius 3 is 3.23 bits per heavy atom. The molecule has 0 aromatic carbocycles. The van der Waals surface area contributed by atoms with E-state index >= 15 is 0 Å². The summed E-state index contributed by atoms with van der Waals surface area (Å²) in [4.78, 5) is 25.7. The van der Waals surface area contributed by atoms with Crippen molar-refractivity contribution in [3.05, 3.63) is 31.2 Å². The minimum atomic E-state index is 0.0339. The van der Waals surface area contributed by atoms with E-state index in [4.69, 9.17) is 0 Å². The maximum atomic E-state index is 12.1. The molecule has 1 amide bonds. The van der Waals surface area contributed by atoms with Crippen LogP contribution in [0.4, 0.5) is 5.82 Å². The number of hydrogen-bond acceptors (Lipinski definition) is 4. The molecule has 0 radical (unpaired) electrons. The van der Waals surface area contributed by atoms with Crippen molar-refractivity contribution in [1.82, 2.24) is 19.9 Å². The van der Waals surface area contributed by atoms with Gasteiger partial charge in [0.15, 0.2) is 0 Å². The number of anilines is 1. The van der Waals surface area contributed by atoms with Gasteiger partial charge >= 0.3 is 0 Å². The number of carbonyl (C=O) groups is 1. The highest BCUT2D eigenvalue weighted by atomic mass is 16.2. The normalized spacial score (nSPS) is 27.1. The number of nitrogens with zero attached hydrogens (tertiary/aromatic N) is 3. The van der Waals surface area contributed by atoms with Crippen molar-refractivity contribution in [3.8, 4) is 0 Å². The summed E-state index contributed by atoms with van der Waals surface area (Å²) in [5.74, 6) is 1.47. The van der Waals surface area contributed by atoms with Crippen LogP contribution in [-0.4, -0.2) is 44.4 Å². The Kier molecular flexibility index (Phi) is 3.10. The molecule has 3 heterocycles. The van der Waals surface area contributed by atoms with Crippen molar-refractivity contribution in [1.29, 1.82) is 0 Å². The lowest BCUT2D eigenvalue weighted by molar-refractivity contribution is -0.129. The van der Waals surface area contributed by atoms with Crippen molar-refractivity contribution < 1.29 is 4.79 Å². The summed E-state index contributed by atoms with van der Waals surface area (Å²) < 4.78 is 0. The predicted molar refractivity (Wildman–Crippen MR) is 84.3 cm³/mol. The van der Waals surface area contributed by atoms with Crippen LogP contribution in [0.2, 0.25) is 0 Å². The van der Waals surface area contributed by atoms with Crippen LogP contribution in [0, 0.1) is 5.92 Å². The number of amides is 1. The van der Waals surface area contributed by atoms with Gasteiger partial charge < -0.3 is 15.2 Å². The summed E-state index contributed by atoms with van der Waals surface area (Å²) >= 11 is 0. The number of hydrogen-bond donors (Lipinski definition) is 2. The van der Waals surface area contributed by atoms with Gasteiger partial charge in [-0.1, -0.05) is 6.58 Å². The molecular weight excluding hydrogens is 278 g/mol. The lowest BCUT2D eigenvalue weighted by Crippen LogP contribution is -2.50. The van der Waals surface area contributed by atoms with Gasteiger partial charge in [0.2, 0.25) is 5.91 Å². The number of H-pyrrole nitrogens is 1. The smallest absolute Gasteiger partial charge is 0.246 e. The van der Waals surface area contributed by atoms with Crippen molar-refractivity contribution in [2.45, 2.75) is 31.3 Å². The molecule has 2 aliphatic rings. The molecule has 4 rings (SSSR count). The number of aromatic nitrogens is 3. The average Bonchev–Trinajstić information content (AvgIpc) is 3.17. The maximum Gasteiger partial charge on any atom is 0.246 e. The largest absolute Gasteiger partial charge is 0.365 e. The van der Waals surface area contributed by atoms with E-state index in [0.29, 0.717) is 12.0 Å². The van der Waals surface area contributed by atoms with Crippen molar-refractivity contribution >= 4 is 22.8 Å². The summed E-state index contributed by atoms with van der Waals surface area (Å²) in [6.45, 7) is 4.34. The fourth-order valence-electron chi connectivity index (χ4n) is 3.86. The number of piperidine rings is 1. The second kappa shape index (κ2) is 5.12. The summed E-state index contributed by atoms with van der Waals surface area (Å²) in [7, 11) is 0. The van der Waals surface area contributed by atoms with E-state index in [9.17, 15) is 4.79 Å². The Morgan fingerprint density at radius 2 is 2.36 bits per heavy atom. The molecule has 2 aromatic heterocycles. The topological polar surface area (TPSA) is 73.9 Å². The van der Waals surface area contributed by atoms with Gasteiger partial charge in [0.05, 0.1) is 5.39 Å². The molecule has 2 aromatic rings. The Labute approximate surface area is 128 Å². The molecule has 2 unspecified atom stereocenters. The van der Waals surface area contributed by atoms with Crippen molar-refractivity contribution in [2.24, 2.45) is 5.92 Å². The first-order valence-corrected chi connectivity index (χ1v) is 7.74. The molecule has 2 bridgehead atoms. The van der Waals surface area contributed by atoms with E-state index in [1.165, 1.54) is 6.08 Å². The lowest BCUT2D eigenvalue weighted by Gasteiger charge is -2.38. The van der Waals surface area contributed by atoms with E-state index in [1.807, 2.05) is 17.2 Å². The first kappa shape index (κ1) is 13.3. The molecule has 1 aliphatic heterocycles. The summed E-state index contributed by atoms with van der Waals surface area (Å²) in [6.07, 6.45) is 8.17. The summed E-state index contributed by atoms with van der Waals surface area (Å²) in [6, 6.07) is 2.59. The highest BCUT2D eigenvalue weighted by Gasteiger charge is 2.41. The van der Waals surface area contributed by atoms with E-state index < -0.39 is 0 Å². The molecule has 6 heteroatoms. The number of nitrogens with one attached hydrogen (secondary N) is 2. The molecule has 1 aliphatic carbocycles. The fraction of sp³-hybridized carbons (Fsp3) is 0.438. The number of fused-ring (bicyclic) bond motifs is 3. The van der Waals surface area contributed by atoms with Gasteiger partial charge in [0.25, 0.3) is 0 Å². The molecule has 2 fully saturated rings. The van der Waals surface area contributed by atoms with Crippen LogP contribution in [0.5, 0.6) is 0 Å². The van der Waals surface area contributed by atoms with Crippen LogP contribution in [0.15, 0.2) is 31.2 Å². The van der Waals surface area contributed by atoms with Gasteiger partial charge in [-0.05, 0) is 37.3 Å². The molecule has 22 heavy (non-hydrogen) atoms. The van der Waals surface area contributed by atoms with Gasteiger partial charge in [-0.25, -0.2) is 9.97 Å². The zero-order valence-corrected chi connectivity index (χ0v) is 12.3. The summed E-state index contributed by atoms with van der Waals surface area (Å²) in [5.41, 5.74) is 0.830. The molecule has 3 atom stereocenters. The summed E-state index contributed by atoms with van der Waals surface area (Å²) in [5, 5.41) is 4.54. The van der Waals surface area contributed by atoms with Crippen molar-refractivity contribution in [2.75, 3.05) is 11.9 Å². The van der Waals surface area contributed by atoms with Crippen LogP contribution in [0.1, 0.15) is 19.3 Å². The zero-order valence-electron chi connectivity index (χ0n) is 12.3. The van der Waals surface area contributed by atoms with Crippen LogP contribution in [0.25, 0.3) is 11.0 Å². The zero-order chi connectivity index (χ0) is 15.1. The number of likely N-dealkylation sites (tertiary alicyclic amines) is 1. The third-order valence-electron chi connectivity index (χ3n) is 4.98.